The van der Waals surface area contributed by atoms with E-state index in [2.05, 4.69) is 0 Å². The van der Waals surface area contributed by atoms with Gasteiger partial charge in [0.1, 0.15) is 0 Å². The van der Waals surface area contributed by atoms with Crippen molar-refractivity contribution in [1.82, 2.24) is 0 Å². The Kier molecular flexibility index (Phi) is 4.99. The van der Waals surface area contributed by atoms with Crippen LogP contribution in [0.25, 0.3) is 0 Å². The minimum absolute atomic E-state index is 0. The number of halogens is 1. The molecular weight excluding hydrogens is 186 g/mol. The summed E-state index contributed by atoms with van der Waals surface area (Å²) in [5.41, 5.74) is 7.92. The van der Waals surface area contributed by atoms with Crippen molar-refractivity contribution >= 4 is 12.4 Å². The minimum atomic E-state index is -0.494. The number of benzene rings is 1. The van der Waals surface area contributed by atoms with Crippen LogP contribution in [0.1, 0.15) is 24.1 Å². The first-order chi connectivity index (χ1) is 5.61. The lowest BCUT2D eigenvalue weighted by Crippen LogP contribution is -2.23. The SMILES string of the molecule is Cc1cccc([C@H](N)[C@H](C)O)c1.Cl. The van der Waals surface area contributed by atoms with Crippen LogP contribution in [0.4, 0.5) is 0 Å². The maximum atomic E-state index is 9.24. The summed E-state index contributed by atoms with van der Waals surface area (Å²) in [6.45, 7) is 3.71. The quantitative estimate of drug-likeness (QED) is 0.767. The molecule has 3 N–H and O–H groups in total. The van der Waals surface area contributed by atoms with Gasteiger partial charge in [0.2, 0.25) is 0 Å². The predicted octanol–water partition coefficient (Wildman–Crippen LogP) is 1.80. The number of nitrogens with two attached hydrogens (primary N) is 1. The van der Waals surface area contributed by atoms with Gasteiger partial charge in [-0.2, -0.15) is 0 Å². The molecule has 0 aliphatic carbocycles. The van der Waals surface area contributed by atoms with Gasteiger partial charge in [-0.15, -0.1) is 12.4 Å². The van der Waals surface area contributed by atoms with E-state index in [9.17, 15) is 5.11 Å². The van der Waals surface area contributed by atoms with E-state index in [4.69, 9.17) is 5.73 Å². The molecule has 0 heterocycles. The Morgan fingerprint density at radius 2 is 2.00 bits per heavy atom. The molecule has 0 aromatic heterocycles. The zero-order chi connectivity index (χ0) is 9.14. The summed E-state index contributed by atoms with van der Waals surface area (Å²) in [4.78, 5) is 0. The molecule has 0 unspecified atom stereocenters. The van der Waals surface area contributed by atoms with E-state index in [-0.39, 0.29) is 18.4 Å². The lowest BCUT2D eigenvalue weighted by atomic mass is 10.0. The van der Waals surface area contributed by atoms with Crippen molar-refractivity contribution in [3.05, 3.63) is 35.4 Å². The normalized spacial score (nSPS) is 14.5. The third kappa shape index (κ3) is 3.35. The first-order valence-corrected chi connectivity index (χ1v) is 4.11. The van der Waals surface area contributed by atoms with Crippen molar-refractivity contribution in [3.8, 4) is 0 Å². The molecule has 0 spiro atoms. The first-order valence-electron chi connectivity index (χ1n) is 4.11. The number of hydrogen-bond acceptors (Lipinski definition) is 2. The number of rotatable bonds is 2. The molecule has 0 aliphatic heterocycles. The Labute approximate surface area is 85.2 Å². The second-order valence-corrected chi connectivity index (χ2v) is 3.18. The van der Waals surface area contributed by atoms with Crippen molar-refractivity contribution in [3.63, 3.8) is 0 Å². The smallest absolute Gasteiger partial charge is 0.0704 e. The maximum Gasteiger partial charge on any atom is 0.0704 e. The summed E-state index contributed by atoms with van der Waals surface area (Å²) in [5.74, 6) is 0. The fraction of sp³-hybridized carbons (Fsp3) is 0.400. The Morgan fingerprint density at radius 1 is 1.38 bits per heavy atom. The van der Waals surface area contributed by atoms with Crippen molar-refractivity contribution < 1.29 is 5.11 Å². The predicted molar refractivity (Wildman–Crippen MR) is 57.0 cm³/mol. The fourth-order valence-electron chi connectivity index (χ4n) is 1.16. The molecule has 0 bridgehead atoms. The van der Waals surface area contributed by atoms with E-state index < -0.39 is 6.10 Å². The minimum Gasteiger partial charge on any atom is -0.391 e. The summed E-state index contributed by atoms with van der Waals surface area (Å²) >= 11 is 0. The van der Waals surface area contributed by atoms with Gasteiger partial charge in [0, 0.05) is 0 Å². The average Bonchev–Trinajstić information content (AvgIpc) is 2.03. The Bertz CT molecular complexity index is 263. The Hall–Kier alpha value is -0.570. The molecule has 0 aliphatic rings. The van der Waals surface area contributed by atoms with Crippen molar-refractivity contribution in [2.75, 3.05) is 0 Å². The maximum absolute atomic E-state index is 9.24. The fourth-order valence-corrected chi connectivity index (χ4v) is 1.16. The lowest BCUT2D eigenvalue weighted by molar-refractivity contribution is 0.164. The molecule has 0 amide bonds. The van der Waals surface area contributed by atoms with Gasteiger partial charge in [-0.25, -0.2) is 0 Å². The Balaban J connectivity index is 0.00000144. The first kappa shape index (κ1) is 12.4. The van der Waals surface area contributed by atoms with Crippen LogP contribution in [0.15, 0.2) is 24.3 Å². The molecular formula is C10H16ClNO. The second kappa shape index (κ2) is 5.22. The summed E-state index contributed by atoms with van der Waals surface area (Å²) in [6, 6.07) is 7.62. The van der Waals surface area contributed by atoms with Crippen LogP contribution in [0.5, 0.6) is 0 Å². The van der Waals surface area contributed by atoms with E-state index >= 15 is 0 Å². The van der Waals surface area contributed by atoms with E-state index in [1.165, 1.54) is 5.56 Å². The Morgan fingerprint density at radius 3 is 2.46 bits per heavy atom. The van der Waals surface area contributed by atoms with Gasteiger partial charge in [0.15, 0.2) is 0 Å². The van der Waals surface area contributed by atoms with Crippen LogP contribution < -0.4 is 5.73 Å². The van der Waals surface area contributed by atoms with Crippen molar-refractivity contribution in [1.29, 1.82) is 0 Å². The molecule has 0 radical (unpaired) electrons. The molecule has 13 heavy (non-hydrogen) atoms. The van der Waals surface area contributed by atoms with E-state index in [1.807, 2.05) is 31.2 Å². The molecule has 1 aromatic carbocycles. The van der Waals surface area contributed by atoms with Gasteiger partial charge in [-0.3, -0.25) is 0 Å². The zero-order valence-electron chi connectivity index (χ0n) is 7.90. The number of hydrogen-bond donors (Lipinski definition) is 2. The van der Waals surface area contributed by atoms with Gasteiger partial charge < -0.3 is 10.8 Å². The lowest BCUT2D eigenvalue weighted by Gasteiger charge is -2.15. The highest BCUT2D eigenvalue weighted by molar-refractivity contribution is 5.85. The van der Waals surface area contributed by atoms with Gasteiger partial charge in [0.05, 0.1) is 12.1 Å². The summed E-state index contributed by atoms with van der Waals surface area (Å²) in [5, 5.41) is 9.24. The van der Waals surface area contributed by atoms with Crippen molar-refractivity contribution in [2.45, 2.75) is 26.0 Å². The molecule has 3 heteroatoms. The number of aliphatic hydroxyl groups is 1. The highest BCUT2D eigenvalue weighted by Gasteiger charge is 2.10. The standard InChI is InChI=1S/C10H15NO.ClH/c1-7-4-3-5-9(6-7)10(11)8(2)12;/h3-6,8,10,12H,11H2,1-2H3;1H/t8-,10+;/m0./s1. The second-order valence-electron chi connectivity index (χ2n) is 3.18. The molecule has 74 valence electrons. The van der Waals surface area contributed by atoms with Crippen LogP contribution in [0, 0.1) is 6.92 Å². The molecule has 0 fully saturated rings. The van der Waals surface area contributed by atoms with E-state index in [0.29, 0.717) is 0 Å². The van der Waals surface area contributed by atoms with E-state index in [0.717, 1.165) is 5.56 Å². The molecule has 2 nitrogen and oxygen atoms in total. The van der Waals surface area contributed by atoms with Gasteiger partial charge in [-0.1, -0.05) is 29.8 Å². The molecule has 1 aromatic rings. The highest BCUT2D eigenvalue weighted by atomic mass is 35.5. The van der Waals surface area contributed by atoms with Crippen LogP contribution in [0.2, 0.25) is 0 Å². The molecule has 0 saturated heterocycles. The summed E-state index contributed by atoms with van der Waals surface area (Å²) < 4.78 is 0. The van der Waals surface area contributed by atoms with Crippen molar-refractivity contribution in [2.24, 2.45) is 5.73 Å². The highest BCUT2D eigenvalue weighted by Crippen LogP contribution is 2.14. The number of aryl methyl sites for hydroxylation is 1. The van der Waals surface area contributed by atoms with Gasteiger partial charge in [-0.05, 0) is 19.4 Å². The summed E-state index contributed by atoms with van der Waals surface area (Å²) in [7, 11) is 0. The average molecular weight is 202 g/mol. The third-order valence-corrected chi connectivity index (χ3v) is 1.95. The third-order valence-electron chi connectivity index (χ3n) is 1.95. The van der Waals surface area contributed by atoms with Crippen LogP contribution >= 0.6 is 12.4 Å². The number of aliphatic hydroxyl groups excluding tert-OH is 1. The largest absolute Gasteiger partial charge is 0.391 e. The van der Waals surface area contributed by atoms with Gasteiger partial charge >= 0.3 is 0 Å². The summed E-state index contributed by atoms with van der Waals surface area (Å²) in [6.07, 6.45) is -0.494. The van der Waals surface area contributed by atoms with Crippen LogP contribution in [-0.2, 0) is 0 Å². The molecule has 0 saturated carbocycles. The zero-order valence-corrected chi connectivity index (χ0v) is 8.71. The van der Waals surface area contributed by atoms with Gasteiger partial charge in [0.25, 0.3) is 0 Å². The molecule has 1 rings (SSSR count). The monoisotopic (exact) mass is 201 g/mol. The van der Waals surface area contributed by atoms with Crippen LogP contribution in [-0.4, -0.2) is 11.2 Å². The van der Waals surface area contributed by atoms with E-state index in [1.54, 1.807) is 6.92 Å². The molecule has 2 atom stereocenters. The topological polar surface area (TPSA) is 46.2 Å². The van der Waals surface area contributed by atoms with Crippen LogP contribution in [0.3, 0.4) is 0 Å².